The van der Waals surface area contributed by atoms with Crippen molar-refractivity contribution < 1.29 is 28.7 Å². The molecule has 2 aromatic rings. The summed E-state index contributed by atoms with van der Waals surface area (Å²) in [7, 11) is 0. The smallest absolute Gasteiger partial charge is 0.408 e. The summed E-state index contributed by atoms with van der Waals surface area (Å²) in [5.41, 5.74) is 0.908. The van der Waals surface area contributed by atoms with Gasteiger partial charge in [0.15, 0.2) is 0 Å². The number of carbonyl (C=O) groups is 4. The first-order valence-electron chi connectivity index (χ1n) is 15.5. The molecule has 3 amide bonds. The molecule has 0 aromatic heterocycles. The van der Waals surface area contributed by atoms with E-state index < -0.39 is 53.2 Å². The van der Waals surface area contributed by atoms with Gasteiger partial charge >= 0.3 is 12.1 Å². The van der Waals surface area contributed by atoms with Gasteiger partial charge in [0.05, 0.1) is 0 Å². The Morgan fingerprint density at radius 3 is 1.98 bits per heavy atom. The van der Waals surface area contributed by atoms with Crippen molar-refractivity contribution in [1.29, 1.82) is 0 Å². The second-order valence-electron chi connectivity index (χ2n) is 13.1. The van der Waals surface area contributed by atoms with Gasteiger partial charge in [0.25, 0.3) is 0 Å². The lowest BCUT2D eigenvalue weighted by Crippen LogP contribution is -2.55. The maximum atomic E-state index is 14.3. The van der Waals surface area contributed by atoms with Crippen molar-refractivity contribution in [2.45, 2.75) is 104 Å². The molecule has 0 aliphatic heterocycles. The number of thioether (sulfide) groups is 1. The predicted molar refractivity (Wildman–Crippen MR) is 180 cm³/mol. The second-order valence-corrected chi connectivity index (χ2v) is 14.1. The number of hydrogen-bond donors (Lipinski definition) is 2. The van der Waals surface area contributed by atoms with E-state index in [-0.39, 0.29) is 13.0 Å². The summed E-state index contributed by atoms with van der Waals surface area (Å²) in [6.45, 7) is 14.7. The first-order valence-corrected chi connectivity index (χ1v) is 16.9. The van der Waals surface area contributed by atoms with Gasteiger partial charge in [-0.15, -0.1) is 0 Å². The van der Waals surface area contributed by atoms with Gasteiger partial charge in [0.2, 0.25) is 11.8 Å². The monoisotopic (exact) mass is 641 g/mol. The zero-order valence-corrected chi connectivity index (χ0v) is 29.1. The molecule has 0 bridgehead atoms. The molecule has 0 aliphatic rings. The molecule has 0 fully saturated rings. The molecule has 0 saturated carbocycles. The summed E-state index contributed by atoms with van der Waals surface area (Å²) >= 11 is 1.55. The number of esters is 1. The van der Waals surface area contributed by atoms with Crippen LogP contribution in [0.15, 0.2) is 54.6 Å². The van der Waals surface area contributed by atoms with Crippen LogP contribution >= 0.6 is 11.8 Å². The highest BCUT2D eigenvalue weighted by Gasteiger charge is 2.38. The van der Waals surface area contributed by atoms with E-state index in [0.717, 1.165) is 11.1 Å². The van der Waals surface area contributed by atoms with E-state index in [2.05, 4.69) is 10.6 Å². The van der Waals surface area contributed by atoms with Crippen molar-refractivity contribution in [3.05, 3.63) is 71.3 Å². The standard InChI is InChI=1S/C35H51N3O6S/c1-10-21-38(31(40)27(20-22-45-9)37-33(42)44-35(6,7)8)29(26-18-16-24(2)17-19-26)30(39)36-28(32(41)43-34(3,4)5)23-25-14-12-11-13-15-25/h11-19,27-29H,10,20-23H2,1-9H3,(H,36,39)(H,37,42). The number of hydrogen-bond acceptors (Lipinski definition) is 7. The van der Waals surface area contributed by atoms with Crippen LogP contribution in [0.4, 0.5) is 4.79 Å². The van der Waals surface area contributed by atoms with Gasteiger partial charge in [-0.25, -0.2) is 9.59 Å². The summed E-state index contributed by atoms with van der Waals surface area (Å²) in [6, 6.07) is 13.8. The molecule has 0 radical (unpaired) electrons. The normalized spacial score (nSPS) is 13.6. The maximum absolute atomic E-state index is 14.3. The molecule has 3 atom stereocenters. The number of carbonyl (C=O) groups excluding carboxylic acids is 4. The Balaban J connectivity index is 2.55. The SMILES string of the molecule is CCCN(C(=O)C(CCSC)NC(=O)OC(C)(C)C)C(C(=O)NC(Cc1ccccc1)C(=O)OC(C)(C)C)c1ccc(C)cc1. The molecule has 0 spiro atoms. The van der Waals surface area contributed by atoms with Gasteiger partial charge in [0, 0.05) is 13.0 Å². The molecule has 2 aromatic carbocycles. The van der Waals surface area contributed by atoms with Crippen LogP contribution in [0.3, 0.4) is 0 Å². The maximum Gasteiger partial charge on any atom is 0.408 e. The summed E-state index contributed by atoms with van der Waals surface area (Å²) in [6.07, 6.45) is 2.33. The quantitative estimate of drug-likeness (QED) is 0.244. The lowest BCUT2D eigenvalue weighted by Gasteiger charge is -2.35. The largest absolute Gasteiger partial charge is 0.458 e. The fourth-order valence-corrected chi connectivity index (χ4v) is 5.11. The first-order chi connectivity index (χ1) is 21.0. The lowest BCUT2D eigenvalue weighted by atomic mass is 9.99. The number of alkyl carbamates (subject to hydrolysis) is 1. The molecular weight excluding hydrogens is 590 g/mol. The van der Waals surface area contributed by atoms with Crippen LogP contribution < -0.4 is 10.6 Å². The fourth-order valence-electron chi connectivity index (χ4n) is 4.64. The molecule has 0 heterocycles. The Morgan fingerprint density at radius 2 is 1.44 bits per heavy atom. The van der Waals surface area contributed by atoms with Gasteiger partial charge in [-0.05, 0) is 84.4 Å². The Bertz CT molecular complexity index is 1250. The Labute approximate surface area is 273 Å². The van der Waals surface area contributed by atoms with Crippen LogP contribution in [-0.2, 0) is 30.3 Å². The van der Waals surface area contributed by atoms with E-state index in [1.807, 2.05) is 74.7 Å². The van der Waals surface area contributed by atoms with Gasteiger partial charge in [-0.2, -0.15) is 11.8 Å². The number of rotatable bonds is 14. The van der Waals surface area contributed by atoms with Crippen molar-refractivity contribution in [3.63, 3.8) is 0 Å². The highest BCUT2D eigenvalue weighted by molar-refractivity contribution is 7.98. The third-order valence-corrected chi connectivity index (χ3v) is 7.23. The summed E-state index contributed by atoms with van der Waals surface area (Å²) in [4.78, 5) is 56.3. The number of nitrogens with zero attached hydrogens (tertiary/aromatic N) is 1. The molecule has 2 rings (SSSR count). The van der Waals surface area contributed by atoms with Gasteiger partial charge < -0.3 is 25.0 Å². The minimum absolute atomic E-state index is 0.209. The van der Waals surface area contributed by atoms with Crippen LogP contribution in [0.5, 0.6) is 0 Å². The summed E-state index contributed by atoms with van der Waals surface area (Å²) in [5.74, 6) is -0.895. The van der Waals surface area contributed by atoms with Crippen LogP contribution in [0, 0.1) is 6.92 Å². The number of benzene rings is 2. The Morgan fingerprint density at radius 1 is 0.844 bits per heavy atom. The van der Waals surface area contributed by atoms with Gasteiger partial charge in [0.1, 0.15) is 29.3 Å². The van der Waals surface area contributed by atoms with Gasteiger partial charge in [-0.1, -0.05) is 67.1 Å². The molecule has 10 heteroatoms. The molecule has 3 unspecified atom stereocenters. The molecule has 45 heavy (non-hydrogen) atoms. The summed E-state index contributed by atoms with van der Waals surface area (Å²) < 4.78 is 11.2. The number of nitrogens with one attached hydrogen (secondary N) is 2. The van der Waals surface area contributed by atoms with E-state index >= 15 is 0 Å². The van der Waals surface area contributed by atoms with E-state index in [0.29, 0.717) is 24.2 Å². The molecule has 0 aliphatic carbocycles. The lowest BCUT2D eigenvalue weighted by molar-refractivity contribution is -0.159. The van der Waals surface area contributed by atoms with Crippen LogP contribution in [0.2, 0.25) is 0 Å². The van der Waals surface area contributed by atoms with Crippen LogP contribution in [0.25, 0.3) is 0 Å². The highest BCUT2D eigenvalue weighted by Crippen LogP contribution is 2.25. The first kappa shape index (κ1) is 37.7. The topological polar surface area (TPSA) is 114 Å². The van der Waals surface area contributed by atoms with E-state index in [4.69, 9.17) is 9.47 Å². The molecule has 0 saturated heterocycles. The number of ether oxygens (including phenoxy) is 2. The minimum atomic E-state index is -1.07. The van der Waals surface area contributed by atoms with Crippen molar-refractivity contribution >= 4 is 35.6 Å². The Hall–Kier alpha value is -3.53. The van der Waals surface area contributed by atoms with E-state index in [1.165, 1.54) is 4.90 Å². The predicted octanol–water partition coefficient (Wildman–Crippen LogP) is 5.99. The molecular formula is C35H51N3O6S. The third kappa shape index (κ3) is 13.2. The summed E-state index contributed by atoms with van der Waals surface area (Å²) in [5, 5.41) is 5.67. The number of amides is 3. The average Bonchev–Trinajstić information content (AvgIpc) is 2.94. The van der Waals surface area contributed by atoms with Crippen molar-refractivity contribution in [1.82, 2.24) is 15.5 Å². The average molecular weight is 642 g/mol. The molecule has 2 N–H and O–H groups in total. The fraction of sp³-hybridized carbons (Fsp3) is 0.543. The van der Waals surface area contributed by atoms with Crippen molar-refractivity contribution in [2.24, 2.45) is 0 Å². The minimum Gasteiger partial charge on any atom is -0.458 e. The number of aryl methyl sites for hydroxylation is 1. The molecule has 248 valence electrons. The Kier molecular flexibility index (Phi) is 14.4. The third-order valence-electron chi connectivity index (χ3n) is 6.59. The van der Waals surface area contributed by atoms with Crippen molar-refractivity contribution in [3.8, 4) is 0 Å². The van der Waals surface area contributed by atoms with E-state index in [9.17, 15) is 19.2 Å². The van der Waals surface area contributed by atoms with E-state index in [1.54, 1.807) is 53.3 Å². The second kappa shape index (κ2) is 17.2. The zero-order valence-electron chi connectivity index (χ0n) is 28.3. The van der Waals surface area contributed by atoms with Crippen LogP contribution in [-0.4, -0.2) is 70.6 Å². The van der Waals surface area contributed by atoms with Gasteiger partial charge in [-0.3, -0.25) is 9.59 Å². The van der Waals surface area contributed by atoms with Crippen LogP contribution in [0.1, 0.15) is 84.0 Å². The molecule has 9 nitrogen and oxygen atoms in total. The van der Waals surface area contributed by atoms with Crippen molar-refractivity contribution in [2.75, 3.05) is 18.6 Å². The zero-order chi connectivity index (χ0) is 33.8. The highest BCUT2D eigenvalue weighted by atomic mass is 32.2.